The molecule has 3 aromatic heterocycles. The summed E-state index contributed by atoms with van der Waals surface area (Å²) in [6, 6.07) is 41.5. The number of rotatable bonds is 21. The van der Waals surface area contributed by atoms with E-state index in [1.807, 2.05) is 0 Å². The zero-order chi connectivity index (χ0) is 52.8. The van der Waals surface area contributed by atoms with E-state index in [-0.39, 0.29) is 0 Å². The first-order chi connectivity index (χ1) is 35.9. The molecule has 390 valence electrons. The number of aromatic nitrogens is 6. The van der Waals surface area contributed by atoms with Crippen LogP contribution in [0.3, 0.4) is 0 Å². The van der Waals surface area contributed by atoms with Crippen LogP contribution in [0.2, 0.25) is 0 Å². The van der Waals surface area contributed by atoms with Crippen LogP contribution in [-0.4, -0.2) is 110 Å². The number of fused-ring (bicyclic) bond motifs is 6. The number of nitrogens with zero attached hydrogens (tertiary/aromatic N) is 9. The smallest absolute Gasteiger partial charge is 0.245 e. The van der Waals surface area contributed by atoms with Crippen LogP contribution in [-0.2, 0) is 58.5 Å². The Labute approximate surface area is 447 Å². The molecule has 0 radical (unpaired) electrons. The highest BCUT2D eigenvalue weighted by molar-refractivity contribution is 5.96. The topological polar surface area (TPSA) is 26.4 Å². The molecule has 0 bridgehead atoms. The predicted octanol–water partition coefficient (Wildman–Crippen LogP) is 11.0. The maximum absolute atomic E-state index is 2.61. The summed E-state index contributed by atoms with van der Waals surface area (Å²) >= 11 is 0. The fraction of sp³-hybridized carbons (Fsp3) is 0.409. The molecule has 10 aromatic rings. The van der Waals surface area contributed by atoms with E-state index in [4.69, 9.17) is 0 Å². The van der Waals surface area contributed by atoms with Crippen LogP contribution >= 0.6 is 0 Å². The van der Waals surface area contributed by atoms with Gasteiger partial charge >= 0.3 is 0 Å². The summed E-state index contributed by atoms with van der Waals surface area (Å²) in [5, 5.41) is 7.77. The van der Waals surface area contributed by atoms with E-state index >= 15 is 0 Å². The minimum atomic E-state index is 0.817. The highest BCUT2D eigenvalue weighted by Crippen LogP contribution is 2.34. The van der Waals surface area contributed by atoms with Crippen molar-refractivity contribution in [2.75, 3.05) is 83.1 Å². The van der Waals surface area contributed by atoms with Crippen molar-refractivity contribution in [3.63, 3.8) is 0 Å². The van der Waals surface area contributed by atoms with E-state index in [0.717, 1.165) is 111 Å². The van der Waals surface area contributed by atoms with Crippen molar-refractivity contribution in [3.8, 4) is 0 Å². The van der Waals surface area contributed by atoms with E-state index in [1.165, 1.54) is 98.8 Å². The van der Waals surface area contributed by atoms with Gasteiger partial charge < -0.3 is 13.4 Å². The third kappa shape index (κ3) is 11.1. The summed E-state index contributed by atoms with van der Waals surface area (Å²) in [4.78, 5) is 0. The summed E-state index contributed by atoms with van der Waals surface area (Å²) < 4.78 is 18.4. The third-order valence-corrected chi connectivity index (χ3v) is 16.1. The van der Waals surface area contributed by atoms with Crippen LogP contribution in [0.5, 0.6) is 0 Å². The lowest BCUT2D eigenvalue weighted by atomic mass is 9.83. The van der Waals surface area contributed by atoms with Gasteiger partial charge in [-0.25, -0.2) is 27.4 Å². The number of aryl methyl sites for hydroxylation is 3. The highest BCUT2D eigenvalue weighted by Gasteiger charge is 2.30. The van der Waals surface area contributed by atoms with E-state index in [2.05, 4.69) is 240 Å². The largest absolute Gasteiger partial charge is 0.331 e. The molecule has 0 atom stereocenters. The van der Waals surface area contributed by atoms with Crippen molar-refractivity contribution in [1.82, 2.24) is 13.7 Å². The second-order valence-electron chi connectivity index (χ2n) is 24.9. The number of hydrogen-bond donors (Lipinski definition) is 0. The van der Waals surface area contributed by atoms with Gasteiger partial charge in [0.15, 0.2) is 33.1 Å². The Morgan fingerprint density at radius 2 is 0.573 bits per heavy atom. The van der Waals surface area contributed by atoms with Gasteiger partial charge in [0.25, 0.3) is 0 Å². The summed E-state index contributed by atoms with van der Waals surface area (Å²) in [5.74, 6) is 0. The molecule has 10 rings (SSSR count). The SMILES string of the molecule is CCc1c(C[n+]2cn(CCC[N+](C)(C)C)c3cc4ccccc4cc32)c(CC)c(C[n+]2cn(CCC[N+](C)(C)C)c3cc4ccccc4cc32)c(CC)c1C[n+]1cn(CCC[N+](C)(C)C)c2cc3ccccc3cc21. The molecular formula is C66H87N9+6. The Bertz CT molecular complexity index is 3290. The van der Waals surface area contributed by atoms with Crippen molar-refractivity contribution in [1.29, 1.82) is 0 Å². The molecule has 7 aromatic carbocycles. The number of quaternary nitrogens is 3. The summed E-state index contributed by atoms with van der Waals surface area (Å²) in [5.41, 5.74) is 16.9. The van der Waals surface area contributed by atoms with E-state index in [0.29, 0.717) is 0 Å². The van der Waals surface area contributed by atoms with Crippen molar-refractivity contribution < 1.29 is 27.2 Å². The zero-order valence-corrected chi connectivity index (χ0v) is 47.8. The number of hydrogen-bond acceptors (Lipinski definition) is 0. The summed E-state index contributed by atoms with van der Waals surface area (Å²) in [7, 11) is 20.8. The van der Waals surface area contributed by atoms with Crippen LogP contribution in [0.4, 0.5) is 0 Å². The van der Waals surface area contributed by atoms with Crippen LogP contribution in [0.1, 0.15) is 73.4 Å². The first-order valence-electron chi connectivity index (χ1n) is 28.2. The standard InChI is InChI=1S/C66H87N9/c1-13-55-58(43-70-46-67(31-22-34-73(4,5)6)61-37-49-25-16-19-28-52(49)40-64(61)70)56(14-2)60(45-72-48-69(33-24-36-75(10,11)12)63-39-51-27-18-21-30-54(51)42-66(63)72)57(15-3)59(55)44-71-47-68(32-23-35-74(7,8)9)62-38-50-26-17-20-29-53(50)41-65(62)71/h16-21,25-30,37-42,46-48H,13-15,22-24,31-36,43-45H2,1-12H3/q+6. The van der Waals surface area contributed by atoms with Gasteiger partial charge in [-0.15, -0.1) is 0 Å². The third-order valence-electron chi connectivity index (χ3n) is 16.1. The molecule has 9 nitrogen and oxygen atoms in total. The lowest BCUT2D eigenvalue weighted by Crippen LogP contribution is -2.39. The van der Waals surface area contributed by atoms with Gasteiger partial charge in [-0.2, -0.15) is 0 Å². The second-order valence-corrected chi connectivity index (χ2v) is 24.9. The molecule has 3 heterocycles. The second kappa shape index (κ2) is 21.0. The van der Waals surface area contributed by atoms with Crippen LogP contribution in [0.25, 0.3) is 65.4 Å². The maximum Gasteiger partial charge on any atom is 0.245 e. The fourth-order valence-corrected chi connectivity index (χ4v) is 12.4. The van der Waals surface area contributed by atoms with E-state index in [1.54, 1.807) is 0 Å². The Morgan fingerprint density at radius 1 is 0.333 bits per heavy atom. The van der Waals surface area contributed by atoms with Crippen LogP contribution < -0.4 is 13.7 Å². The Hall–Kier alpha value is -6.39. The minimum Gasteiger partial charge on any atom is -0.331 e. The molecule has 0 fully saturated rings. The number of imidazole rings is 3. The average molecular weight is 1010 g/mol. The molecule has 0 unspecified atom stereocenters. The average Bonchev–Trinajstić information content (AvgIpc) is 3.99. The molecule has 0 amide bonds. The predicted molar refractivity (Wildman–Crippen MR) is 313 cm³/mol. The molecule has 0 spiro atoms. The van der Waals surface area contributed by atoms with Crippen molar-refractivity contribution in [3.05, 3.63) is 162 Å². The Morgan fingerprint density at radius 3 is 0.800 bits per heavy atom. The molecule has 0 aliphatic heterocycles. The summed E-state index contributed by atoms with van der Waals surface area (Å²) in [6.07, 6.45) is 13.6. The van der Waals surface area contributed by atoms with E-state index < -0.39 is 0 Å². The maximum atomic E-state index is 2.61. The van der Waals surface area contributed by atoms with Crippen molar-refractivity contribution in [2.45, 2.75) is 98.6 Å². The fourth-order valence-electron chi connectivity index (χ4n) is 12.4. The normalized spacial score (nSPS) is 12.8. The molecule has 0 aliphatic rings. The molecule has 0 aliphatic carbocycles. The van der Waals surface area contributed by atoms with Gasteiger partial charge in [-0.1, -0.05) is 93.6 Å². The van der Waals surface area contributed by atoms with Gasteiger partial charge in [-0.3, -0.25) is 0 Å². The summed E-state index contributed by atoms with van der Waals surface area (Å²) in [6.45, 7) is 16.0. The van der Waals surface area contributed by atoms with Gasteiger partial charge in [0, 0.05) is 36.0 Å². The van der Waals surface area contributed by atoms with Gasteiger partial charge in [0.1, 0.15) is 19.6 Å². The molecule has 9 heteroatoms. The zero-order valence-electron chi connectivity index (χ0n) is 47.8. The van der Waals surface area contributed by atoms with E-state index in [9.17, 15) is 0 Å². The quantitative estimate of drug-likeness (QED) is 0.0507. The minimum absolute atomic E-state index is 0.817. The monoisotopic (exact) mass is 1010 g/mol. The van der Waals surface area contributed by atoms with Crippen molar-refractivity contribution >= 4 is 65.4 Å². The first-order valence-corrected chi connectivity index (χ1v) is 28.2. The van der Waals surface area contributed by atoms with Crippen LogP contribution in [0.15, 0.2) is 128 Å². The molecule has 0 N–H and O–H groups in total. The van der Waals surface area contributed by atoms with Crippen molar-refractivity contribution in [2.24, 2.45) is 0 Å². The van der Waals surface area contributed by atoms with Gasteiger partial charge in [-0.05, 0) is 105 Å². The van der Waals surface area contributed by atoms with Gasteiger partial charge in [0.2, 0.25) is 19.0 Å². The molecule has 0 saturated carbocycles. The molecule has 75 heavy (non-hydrogen) atoms. The molecule has 0 saturated heterocycles. The molecular weight excluding hydrogens is 919 g/mol. The Balaban J connectivity index is 1.19. The highest BCUT2D eigenvalue weighted by atomic mass is 15.3. The lowest BCUT2D eigenvalue weighted by molar-refractivity contribution is -0.870. The van der Waals surface area contributed by atoms with Crippen LogP contribution in [0, 0.1) is 0 Å². The Kier molecular flexibility index (Phi) is 14.6. The number of benzene rings is 7. The lowest BCUT2D eigenvalue weighted by Gasteiger charge is -2.24. The van der Waals surface area contributed by atoms with Gasteiger partial charge in [0.05, 0.1) is 103 Å². The first kappa shape index (κ1) is 52.1.